The number of aryl methyl sites for hydroxylation is 1. The molecule has 0 atom stereocenters. The van der Waals surface area contributed by atoms with Crippen molar-refractivity contribution >= 4 is 10.9 Å². The molecule has 0 bridgehead atoms. The maximum Gasteiger partial charge on any atom is 0.0468 e. The lowest BCUT2D eigenvalue weighted by molar-refractivity contribution is 1.13. The number of H-pyrrole nitrogens is 1. The zero-order valence-electron chi connectivity index (χ0n) is 13.8. The lowest BCUT2D eigenvalue weighted by atomic mass is 9.95. The quantitative estimate of drug-likeness (QED) is 0.413. The second-order valence-corrected chi connectivity index (χ2v) is 6.63. The van der Waals surface area contributed by atoms with Crippen LogP contribution in [0.15, 0.2) is 66.7 Å². The van der Waals surface area contributed by atoms with Gasteiger partial charge in [0.25, 0.3) is 0 Å². The number of nitrogens with one attached hydrogen (secondary N) is 1. The van der Waals surface area contributed by atoms with Crippen LogP contribution in [-0.2, 0) is 12.8 Å². The number of rotatable bonds is 2. The maximum absolute atomic E-state index is 3.62. The number of aromatic amines is 1. The van der Waals surface area contributed by atoms with E-state index in [1.807, 2.05) is 0 Å². The number of hydrogen-bond acceptors (Lipinski definition) is 0. The van der Waals surface area contributed by atoms with Crippen molar-refractivity contribution in [2.45, 2.75) is 19.8 Å². The van der Waals surface area contributed by atoms with Gasteiger partial charge in [0.05, 0.1) is 0 Å². The lowest BCUT2D eigenvalue weighted by Crippen LogP contribution is -1.92. The third-order valence-corrected chi connectivity index (χ3v) is 5.21. The van der Waals surface area contributed by atoms with Crippen molar-refractivity contribution < 1.29 is 0 Å². The number of hydrogen-bond donors (Lipinski definition) is 1. The molecule has 0 saturated heterocycles. The van der Waals surface area contributed by atoms with E-state index < -0.39 is 0 Å². The Balaban J connectivity index is 1.78. The normalized spacial score (nSPS) is 12.4. The van der Waals surface area contributed by atoms with Crippen LogP contribution in [0.5, 0.6) is 0 Å². The molecule has 5 rings (SSSR count). The Morgan fingerprint density at radius 1 is 0.833 bits per heavy atom. The fourth-order valence-electron chi connectivity index (χ4n) is 3.95. The van der Waals surface area contributed by atoms with Gasteiger partial charge in [0.1, 0.15) is 0 Å². The first kappa shape index (κ1) is 13.6. The highest BCUT2D eigenvalue weighted by Crippen LogP contribution is 2.42. The Labute approximate surface area is 142 Å². The molecular weight excluding hydrogens is 290 g/mol. The van der Waals surface area contributed by atoms with Gasteiger partial charge in [0, 0.05) is 22.2 Å². The first-order valence-electron chi connectivity index (χ1n) is 8.65. The summed E-state index contributed by atoms with van der Waals surface area (Å²) in [6.07, 6.45) is 2.09. The molecule has 1 nitrogen and oxygen atoms in total. The van der Waals surface area contributed by atoms with Crippen LogP contribution in [0.1, 0.15) is 23.6 Å². The van der Waals surface area contributed by atoms with Gasteiger partial charge in [-0.25, -0.2) is 0 Å². The van der Waals surface area contributed by atoms with Crippen LogP contribution >= 0.6 is 0 Å². The highest BCUT2D eigenvalue weighted by molar-refractivity contribution is 5.90. The van der Waals surface area contributed by atoms with E-state index in [1.54, 1.807) is 0 Å². The number of para-hydroxylation sites is 1. The number of fused-ring (bicyclic) bond motifs is 4. The molecule has 0 saturated carbocycles. The van der Waals surface area contributed by atoms with Gasteiger partial charge in [-0.2, -0.15) is 0 Å². The highest BCUT2D eigenvalue weighted by Gasteiger charge is 2.22. The Hall–Kier alpha value is -2.80. The minimum absolute atomic E-state index is 1.03. The van der Waals surface area contributed by atoms with Crippen molar-refractivity contribution in [2.24, 2.45) is 0 Å². The summed E-state index contributed by atoms with van der Waals surface area (Å²) in [7, 11) is 0. The lowest BCUT2D eigenvalue weighted by Gasteiger charge is -2.10. The molecule has 116 valence electrons. The van der Waals surface area contributed by atoms with Crippen molar-refractivity contribution in [3.05, 3.63) is 83.4 Å². The van der Waals surface area contributed by atoms with Gasteiger partial charge in [-0.05, 0) is 58.9 Å². The van der Waals surface area contributed by atoms with Crippen molar-refractivity contribution in [3.63, 3.8) is 0 Å². The molecule has 1 heteroatoms. The average Bonchev–Trinajstić information content (AvgIpc) is 3.22. The van der Waals surface area contributed by atoms with Crippen molar-refractivity contribution in [1.82, 2.24) is 4.98 Å². The van der Waals surface area contributed by atoms with Crippen LogP contribution in [0.4, 0.5) is 0 Å². The van der Waals surface area contributed by atoms with E-state index in [9.17, 15) is 0 Å². The van der Waals surface area contributed by atoms with E-state index in [0.29, 0.717) is 0 Å². The fraction of sp³-hybridized carbons (Fsp3) is 0.130. The smallest absolute Gasteiger partial charge is 0.0468 e. The van der Waals surface area contributed by atoms with Crippen LogP contribution in [0.3, 0.4) is 0 Å². The molecular formula is C23H19N. The summed E-state index contributed by atoms with van der Waals surface area (Å²) < 4.78 is 0. The fourth-order valence-corrected chi connectivity index (χ4v) is 3.95. The topological polar surface area (TPSA) is 15.8 Å². The molecule has 0 amide bonds. The zero-order valence-corrected chi connectivity index (χ0v) is 13.8. The van der Waals surface area contributed by atoms with Crippen LogP contribution in [-0.4, -0.2) is 4.98 Å². The third-order valence-electron chi connectivity index (χ3n) is 5.21. The monoisotopic (exact) mass is 309 g/mol. The third kappa shape index (κ3) is 1.94. The van der Waals surface area contributed by atoms with Gasteiger partial charge >= 0.3 is 0 Å². The Kier molecular flexibility index (Phi) is 2.90. The molecule has 3 aromatic carbocycles. The van der Waals surface area contributed by atoms with Crippen molar-refractivity contribution in [3.8, 4) is 22.4 Å². The van der Waals surface area contributed by atoms with Crippen LogP contribution in [0, 0.1) is 0 Å². The van der Waals surface area contributed by atoms with E-state index in [1.165, 1.54) is 50.0 Å². The van der Waals surface area contributed by atoms with Gasteiger partial charge in [-0.15, -0.1) is 0 Å². The van der Waals surface area contributed by atoms with Gasteiger partial charge in [-0.1, -0.05) is 55.5 Å². The summed E-state index contributed by atoms with van der Waals surface area (Å²) in [6.45, 7) is 2.23. The van der Waals surface area contributed by atoms with Crippen molar-refractivity contribution in [2.75, 3.05) is 0 Å². The maximum atomic E-state index is 3.62. The summed E-state index contributed by atoms with van der Waals surface area (Å²) in [5.74, 6) is 0. The molecule has 0 spiro atoms. The number of benzene rings is 3. The molecule has 1 heterocycles. The molecule has 0 unspecified atom stereocenters. The van der Waals surface area contributed by atoms with Crippen molar-refractivity contribution in [1.29, 1.82) is 0 Å². The van der Waals surface area contributed by atoms with Crippen LogP contribution in [0.2, 0.25) is 0 Å². The largest absolute Gasteiger partial charge is 0.355 e. The molecule has 0 aliphatic heterocycles. The predicted molar refractivity (Wildman–Crippen MR) is 101 cm³/mol. The zero-order chi connectivity index (χ0) is 16.1. The Morgan fingerprint density at radius 2 is 1.62 bits per heavy atom. The van der Waals surface area contributed by atoms with E-state index in [-0.39, 0.29) is 0 Å². The number of aromatic nitrogens is 1. The molecule has 0 fully saturated rings. The van der Waals surface area contributed by atoms with E-state index in [4.69, 9.17) is 0 Å². The van der Waals surface area contributed by atoms with Crippen LogP contribution in [0.25, 0.3) is 33.3 Å². The molecule has 24 heavy (non-hydrogen) atoms. The van der Waals surface area contributed by atoms with E-state index >= 15 is 0 Å². The minimum Gasteiger partial charge on any atom is -0.355 e. The molecule has 4 aromatic rings. The Bertz CT molecular complexity index is 1040. The summed E-state index contributed by atoms with van der Waals surface area (Å²) in [5, 5.41) is 1.28. The van der Waals surface area contributed by atoms with E-state index in [0.717, 1.165) is 12.8 Å². The molecule has 0 radical (unpaired) electrons. The summed E-state index contributed by atoms with van der Waals surface area (Å²) in [6, 6.07) is 24.4. The minimum atomic E-state index is 1.03. The summed E-state index contributed by atoms with van der Waals surface area (Å²) >= 11 is 0. The molecule has 1 aliphatic carbocycles. The van der Waals surface area contributed by atoms with Crippen LogP contribution < -0.4 is 0 Å². The average molecular weight is 309 g/mol. The Morgan fingerprint density at radius 3 is 2.50 bits per heavy atom. The van der Waals surface area contributed by atoms with Gasteiger partial charge in [0.15, 0.2) is 0 Å². The second-order valence-electron chi connectivity index (χ2n) is 6.63. The first-order chi connectivity index (χ1) is 11.8. The summed E-state index contributed by atoms with van der Waals surface area (Å²) in [5.41, 5.74) is 10.9. The van der Waals surface area contributed by atoms with Gasteiger partial charge < -0.3 is 4.98 Å². The molecule has 1 aliphatic rings. The van der Waals surface area contributed by atoms with Gasteiger partial charge in [-0.3, -0.25) is 0 Å². The predicted octanol–water partition coefficient (Wildman–Crippen LogP) is 5.97. The first-order valence-corrected chi connectivity index (χ1v) is 8.65. The second kappa shape index (κ2) is 5.10. The molecule has 1 aromatic heterocycles. The van der Waals surface area contributed by atoms with E-state index in [2.05, 4.69) is 78.6 Å². The van der Waals surface area contributed by atoms with Gasteiger partial charge in [0.2, 0.25) is 0 Å². The standard InChI is InChI=1S/C23H19N/c1-2-15-11-19-18-9-5-3-7-16(18)13-20(19)21(12-15)23-14-17-8-4-6-10-22(17)24-23/h3-12,14,24H,2,13H2,1H3. The SMILES string of the molecule is CCc1cc(-c2cc3ccccc3[nH]2)c2c(c1)-c1ccccc1C2. The highest BCUT2D eigenvalue weighted by atomic mass is 14.7. The summed E-state index contributed by atoms with van der Waals surface area (Å²) in [4.78, 5) is 3.62. The molecule has 1 N–H and O–H groups in total.